The zero-order chi connectivity index (χ0) is 24.5. The Hall–Kier alpha value is -3.75. The number of benzene rings is 1. The largest absolute Gasteiger partial charge is 0.494 e. The van der Waals surface area contributed by atoms with Crippen LogP contribution in [0.1, 0.15) is 40.6 Å². The summed E-state index contributed by atoms with van der Waals surface area (Å²) < 4.78 is 29.6. The lowest BCUT2D eigenvalue weighted by Crippen LogP contribution is -2.15. The van der Waals surface area contributed by atoms with Crippen LogP contribution in [0.5, 0.6) is 5.75 Å². The molecule has 160 valence electrons. The zero-order valence-electron chi connectivity index (χ0n) is 20.2. The molecule has 31 heavy (non-hydrogen) atoms. The summed E-state index contributed by atoms with van der Waals surface area (Å²) in [6, 6.07) is 6.83. The molecule has 4 rings (SSSR count). The minimum Gasteiger partial charge on any atom is -0.494 e. The van der Waals surface area contributed by atoms with E-state index in [0.717, 1.165) is 12.8 Å². The highest BCUT2D eigenvalue weighted by Gasteiger charge is 2.30. The molecule has 0 saturated heterocycles. The minimum atomic E-state index is -2.44. The number of methoxy groups -OCH3 is 1. The van der Waals surface area contributed by atoms with Crippen molar-refractivity contribution in [2.45, 2.75) is 26.1 Å². The number of amides is 1. The number of nitrogens with zero attached hydrogens (tertiary/aromatic N) is 4. The summed E-state index contributed by atoms with van der Waals surface area (Å²) in [5.74, 6) is 0.374. The number of carbonyl (C=O) groups is 2. The van der Waals surface area contributed by atoms with E-state index < -0.39 is 19.1 Å². The Morgan fingerprint density at radius 3 is 2.81 bits per heavy atom. The van der Waals surface area contributed by atoms with E-state index in [1.54, 1.807) is 36.3 Å². The van der Waals surface area contributed by atoms with Crippen LogP contribution < -0.4 is 15.4 Å². The van der Waals surface area contributed by atoms with E-state index in [9.17, 15) is 9.59 Å². The molecule has 1 aliphatic rings. The fourth-order valence-electron chi connectivity index (χ4n) is 3.16. The van der Waals surface area contributed by atoms with Gasteiger partial charge in [-0.2, -0.15) is 5.10 Å². The van der Waals surface area contributed by atoms with E-state index in [0.29, 0.717) is 28.5 Å². The lowest BCUT2D eigenvalue weighted by molar-refractivity contribution is -0.117. The van der Waals surface area contributed by atoms with Gasteiger partial charge in [0.15, 0.2) is 17.4 Å². The first-order valence-corrected chi connectivity index (χ1v) is 9.79. The van der Waals surface area contributed by atoms with E-state index in [4.69, 9.17) is 8.85 Å². The summed E-state index contributed by atoms with van der Waals surface area (Å²) in [4.78, 5) is 33.4. The van der Waals surface area contributed by atoms with Crippen LogP contribution in [0, 0.1) is 5.92 Å². The van der Waals surface area contributed by atoms with Gasteiger partial charge in [0.25, 0.3) is 0 Å². The lowest BCUT2D eigenvalue weighted by Gasteiger charge is -2.16. The molecule has 0 radical (unpaired) electrons. The molecular formula is C22H24N6O3. The number of hydrogen-bond acceptors (Lipinski definition) is 7. The summed E-state index contributed by atoms with van der Waals surface area (Å²) >= 11 is 0. The fourth-order valence-corrected chi connectivity index (χ4v) is 3.16. The van der Waals surface area contributed by atoms with E-state index >= 15 is 0 Å². The van der Waals surface area contributed by atoms with Crippen molar-refractivity contribution in [3.05, 3.63) is 42.4 Å². The predicted octanol–water partition coefficient (Wildman–Crippen LogP) is 3.57. The molecule has 1 aromatic carbocycles. The normalized spacial score (nSPS) is 14.8. The highest BCUT2D eigenvalue weighted by Crippen LogP contribution is 2.37. The van der Waals surface area contributed by atoms with Crippen LogP contribution in [-0.2, 0) is 11.8 Å². The minimum absolute atomic E-state index is 0.0299. The molecule has 1 saturated carbocycles. The molecule has 0 aliphatic heterocycles. The number of rotatable bonds is 8. The maximum Gasteiger partial charge on any atom is 0.228 e. The Bertz CT molecular complexity index is 1240. The molecule has 3 aromatic rings. The van der Waals surface area contributed by atoms with Crippen LogP contribution in [0.15, 0.2) is 36.8 Å². The number of aromatic nitrogens is 4. The van der Waals surface area contributed by atoms with Crippen molar-refractivity contribution in [2.24, 2.45) is 13.0 Å². The topological polar surface area (TPSA) is 111 Å². The Kier molecular flexibility index (Phi) is 4.68. The first kappa shape index (κ1) is 17.0. The molecule has 1 amide bonds. The summed E-state index contributed by atoms with van der Waals surface area (Å²) in [5.41, 5.74) is 1.50. The number of ketones is 1. The van der Waals surface area contributed by atoms with Crippen LogP contribution in [0.4, 0.5) is 17.2 Å². The van der Waals surface area contributed by atoms with E-state index in [-0.39, 0.29) is 23.2 Å². The molecule has 0 atom stereocenters. The Morgan fingerprint density at radius 2 is 2.13 bits per heavy atom. The van der Waals surface area contributed by atoms with Crippen molar-refractivity contribution in [1.82, 2.24) is 19.7 Å². The predicted molar refractivity (Wildman–Crippen MR) is 116 cm³/mol. The third-order valence-corrected chi connectivity index (χ3v) is 4.89. The van der Waals surface area contributed by atoms with Gasteiger partial charge in [-0.3, -0.25) is 14.3 Å². The van der Waals surface area contributed by atoms with Crippen LogP contribution in [-0.4, -0.2) is 38.5 Å². The molecule has 2 heterocycles. The highest BCUT2D eigenvalue weighted by molar-refractivity contribution is 6.03. The number of anilines is 3. The molecule has 9 nitrogen and oxygen atoms in total. The average Bonchev–Trinajstić information content (AvgIpc) is 3.53. The van der Waals surface area contributed by atoms with Gasteiger partial charge in [0.05, 0.1) is 29.6 Å². The number of nitrogens with one attached hydrogen (secondary N) is 2. The van der Waals surface area contributed by atoms with Crippen molar-refractivity contribution >= 4 is 28.9 Å². The third kappa shape index (κ3) is 4.40. The summed E-state index contributed by atoms with van der Waals surface area (Å²) in [7, 11) is 3.25. The van der Waals surface area contributed by atoms with E-state index in [1.165, 1.54) is 19.4 Å². The van der Waals surface area contributed by atoms with Gasteiger partial charge in [-0.05, 0) is 25.0 Å². The monoisotopic (exact) mass is 423 g/mol. The number of Topliss-reactive ketones (excluding diaryl/α,β-unsaturated/α-hetero) is 1. The second-order valence-electron chi connectivity index (χ2n) is 7.23. The van der Waals surface area contributed by atoms with Crippen molar-refractivity contribution in [3.63, 3.8) is 0 Å². The number of para-hydroxylation sites is 1. The number of ether oxygens (including phenoxy) is 1. The van der Waals surface area contributed by atoms with Crippen molar-refractivity contribution in [2.75, 3.05) is 17.7 Å². The van der Waals surface area contributed by atoms with Crippen LogP contribution in [0.2, 0.25) is 0 Å². The first-order valence-electron chi connectivity index (χ1n) is 11.3. The SMILES string of the molecule is [2H]C([2H])([2H])CC(=O)c1cnc(NC(=O)C2CC2)cc1Nc1cccc(-c2ncn(C)n2)c1OC. The number of pyridine rings is 1. The molecular weight excluding hydrogens is 396 g/mol. The molecule has 1 aliphatic carbocycles. The lowest BCUT2D eigenvalue weighted by atomic mass is 10.1. The smallest absolute Gasteiger partial charge is 0.228 e. The Labute approximate surface area is 184 Å². The maximum atomic E-state index is 12.8. The number of aryl methyl sites for hydroxylation is 1. The van der Waals surface area contributed by atoms with Gasteiger partial charge >= 0.3 is 0 Å². The molecule has 0 spiro atoms. The number of carbonyl (C=O) groups excluding carboxylic acids is 2. The van der Waals surface area contributed by atoms with Gasteiger partial charge < -0.3 is 15.4 Å². The van der Waals surface area contributed by atoms with E-state index in [2.05, 4.69) is 25.7 Å². The average molecular weight is 423 g/mol. The molecule has 2 aromatic heterocycles. The standard InChI is InChI=1S/C22H24N6O3/c1-4-18(29)15-11-23-19(26-22(30)13-8-9-13)10-17(15)25-16-7-5-6-14(20(16)31-3)21-24-12-28(2)27-21/h5-7,10-13H,4,8-9H2,1-3H3,(H2,23,25,26,30)/i1D3. The first-order chi connectivity index (χ1) is 16.1. The second kappa shape index (κ2) is 8.55. The molecule has 1 fully saturated rings. The van der Waals surface area contributed by atoms with Crippen molar-refractivity contribution < 1.29 is 18.4 Å². The zero-order valence-corrected chi connectivity index (χ0v) is 17.2. The third-order valence-electron chi connectivity index (χ3n) is 4.89. The van der Waals surface area contributed by atoms with E-state index in [1.807, 2.05) is 0 Å². The second-order valence-corrected chi connectivity index (χ2v) is 7.23. The van der Waals surface area contributed by atoms with Gasteiger partial charge in [-0.15, -0.1) is 0 Å². The molecule has 0 unspecified atom stereocenters. The van der Waals surface area contributed by atoms with Gasteiger partial charge in [0, 0.05) is 35.8 Å². The Morgan fingerprint density at radius 1 is 1.29 bits per heavy atom. The quantitative estimate of drug-likeness (QED) is 0.533. The summed E-state index contributed by atoms with van der Waals surface area (Å²) in [5, 5.41) is 10.2. The van der Waals surface area contributed by atoms with Gasteiger partial charge in [0.1, 0.15) is 12.1 Å². The van der Waals surface area contributed by atoms with Crippen molar-refractivity contribution in [1.29, 1.82) is 0 Å². The van der Waals surface area contributed by atoms with Gasteiger partial charge in [-0.25, -0.2) is 9.97 Å². The van der Waals surface area contributed by atoms with Crippen LogP contribution in [0.25, 0.3) is 11.4 Å². The van der Waals surface area contributed by atoms with Crippen LogP contribution in [0.3, 0.4) is 0 Å². The summed E-state index contributed by atoms with van der Waals surface area (Å²) in [6.45, 7) is -2.44. The highest BCUT2D eigenvalue weighted by atomic mass is 16.5. The molecule has 9 heteroatoms. The molecule has 2 N–H and O–H groups in total. The molecule has 0 bridgehead atoms. The fraction of sp³-hybridized carbons (Fsp3) is 0.318. The van der Waals surface area contributed by atoms with Crippen molar-refractivity contribution in [3.8, 4) is 17.1 Å². The Balaban J connectivity index is 1.72. The van der Waals surface area contributed by atoms with Gasteiger partial charge in [-0.1, -0.05) is 12.9 Å². The maximum absolute atomic E-state index is 12.8. The van der Waals surface area contributed by atoms with Crippen LogP contribution >= 0.6 is 0 Å². The summed E-state index contributed by atoms with van der Waals surface area (Å²) in [6.07, 6.45) is 3.86. The van der Waals surface area contributed by atoms with Gasteiger partial charge in [0.2, 0.25) is 5.91 Å². The number of hydrogen-bond donors (Lipinski definition) is 2.